The van der Waals surface area contributed by atoms with Crippen LogP contribution in [-0.2, 0) is 15.7 Å². The molecule has 2 unspecified atom stereocenters. The van der Waals surface area contributed by atoms with Crippen molar-refractivity contribution in [3.8, 4) is 11.5 Å². The molecule has 1 N–H and O–H groups in total. The standard InChI is InChI=1S/C18H13ClF3NO7/c19-13-5-9(18(20,21)22)1-4-15(13)29-11-2-3-14(23(26)27)12(7-11)17(25)30-16-6-10(24)8-28-16/h1-5,7,10,16,24H,6,8H2. The highest BCUT2D eigenvalue weighted by molar-refractivity contribution is 6.32. The molecule has 2 atom stereocenters. The van der Waals surface area contributed by atoms with Gasteiger partial charge in [0, 0.05) is 18.6 Å². The Morgan fingerprint density at radius 3 is 2.57 bits per heavy atom. The number of hydrogen-bond acceptors (Lipinski definition) is 7. The average molecular weight is 448 g/mol. The van der Waals surface area contributed by atoms with Crippen molar-refractivity contribution in [1.82, 2.24) is 0 Å². The first kappa shape index (κ1) is 21.8. The molecule has 0 aromatic heterocycles. The summed E-state index contributed by atoms with van der Waals surface area (Å²) < 4.78 is 53.6. The molecule has 1 aliphatic rings. The van der Waals surface area contributed by atoms with Crippen molar-refractivity contribution >= 4 is 23.3 Å². The Bertz CT molecular complexity index is 983. The smallest absolute Gasteiger partial charge is 0.416 e. The molecule has 0 saturated carbocycles. The molecule has 1 fully saturated rings. The number of rotatable bonds is 5. The lowest BCUT2D eigenvalue weighted by atomic mass is 10.1. The van der Waals surface area contributed by atoms with Gasteiger partial charge in [0.25, 0.3) is 5.69 Å². The first-order valence-electron chi connectivity index (χ1n) is 8.38. The van der Waals surface area contributed by atoms with E-state index in [2.05, 4.69) is 0 Å². The Hall–Kier alpha value is -2.89. The molecule has 12 heteroatoms. The van der Waals surface area contributed by atoms with Crippen molar-refractivity contribution in [2.45, 2.75) is 25.0 Å². The van der Waals surface area contributed by atoms with Crippen LogP contribution in [0.1, 0.15) is 22.3 Å². The summed E-state index contributed by atoms with van der Waals surface area (Å²) in [4.78, 5) is 22.8. The van der Waals surface area contributed by atoms with Gasteiger partial charge in [-0.15, -0.1) is 0 Å². The Morgan fingerprint density at radius 1 is 1.27 bits per heavy atom. The number of nitro groups is 1. The molecule has 1 saturated heterocycles. The third-order valence-electron chi connectivity index (χ3n) is 4.05. The molecular formula is C18H13ClF3NO7. The number of ether oxygens (including phenoxy) is 3. The lowest BCUT2D eigenvalue weighted by Crippen LogP contribution is -2.18. The molecule has 0 radical (unpaired) electrons. The Morgan fingerprint density at radius 2 is 2.00 bits per heavy atom. The van der Waals surface area contributed by atoms with Crippen molar-refractivity contribution in [1.29, 1.82) is 0 Å². The fourth-order valence-corrected chi connectivity index (χ4v) is 2.85. The summed E-state index contributed by atoms with van der Waals surface area (Å²) in [6, 6.07) is 5.54. The predicted octanol–water partition coefficient (Wildman–Crippen LogP) is 4.32. The highest BCUT2D eigenvalue weighted by atomic mass is 35.5. The maximum atomic E-state index is 12.7. The first-order valence-corrected chi connectivity index (χ1v) is 8.76. The largest absolute Gasteiger partial charge is 0.456 e. The SMILES string of the molecule is O=C(OC1CC(O)CO1)c1cc(Oc2ccc(C(F)(F)F)cc2Cl)ccc1[N+](=O)[O-]. The van der Waals surface area contributed by atoms with Crippen LogP contribution in [0.15, 0.2) is 36.4 Å². The second-order valence-electron chi connectivity index (χ2n) is 6.24. The number of alkyl halides is 3. The summed E-state index contributed by atoms with van der Waals surface area (Å²) in [5.74, 6) is -1.34. The molecule has 2 aromatic rings. The fourth-order valence-electron chi connectivity index (χ4n) is 2.63. The van der Waals surface area contributed by atoms with Crippen LogP contribution < -0.4 is 4.74 Å². The Labute approximate surface area is 171 Å². The van der Waals surface area contributed by atoms with Gasteiger partial charge in [0.1, 0.15) is 17.1 Å². The second-order valence-corrected chi connectivity index (χ2v) is 6.65. The van der Waals surface area contributed by atoms with Gasteiger partial charge in [0.05, 0.1) is 28.2 Å². The lowest BCUT2D eigenvalue weighted by Gasteiger charge is -2.13. The van der Waals surface area contributed by atoms with E-state index in [4.69, 9.17) is 25.8 Å². The highest BCUT2D eigenvalue weighted by Gasteiger charge is 2.32. The van der Waals surface area contributed by atoms with E-state index in [0.29, 0.717) is 6.07 Å². The zero-order valence-corrected chi connectivity index (χ0v) is 15.6. The molecule has 1 aliphatic heterocycles. The van der Waals surface area contributed by atoms with Crippen LogP contribution >= 0.6 is 11.6 Å². The summed E-state index contributed by atoms with van der Waals surface area (Å²) in [6.45, 7) is -0.0460. The van der Waals surface area contributed by atoms with E-state index in [9.17, 15) is 33.2 Å². The van der Waals surface area contributed by atoms with Crippen LogP contribution in [0.25, 0.3) is 0 Å². The van der Waals surface area contributed by atoms with Crippen molar-refractivity contribution < 1.29 is 42.2 Å². The van der Waals surface area contributed by atoms with Crippen LogP contribution in [0.2, 0.25) is 5.02 Å². The van der Waals surface area contributed by atoms with E-state index in [1.807, 2.05) is 0 Å². The van der Waals surface area contributed by atoms with Crippen LogP contribution in [0.5, 0.6) is 11.5 Å². The lowest BCUT2D eigenvalue weighted by molar-refractivity contribution is -0.385. The second kappa shape index (κ2) is 8.46. The summed E-state index contributed by atoms with van der Waals surface area (Å²) >= 11 is 5.83. The molecule has 0 amide bonds. The highest BCUT2D eigenvalue weighted by Crippen LogP contribution is 2.37. The number of aliphatic hydroxyl groups is 1. The molecule has 0 bridgehead atoms. The normalized spacial score (nSPS) is 18.8. The average Bonchev–Trinajstić information content (AvgIpc) is 3.07. The monoisotopic (exact) mass is 447 g/mol. The van der Waals surface area contributed by atoms with E-state index in [0.717, 1.165) is 30.3 Å². The predicted molar refractivity (Wildman–Crippen MR) is 95.4 cm³/mol. The van der Waals surface area contributed by atoms with Crippen molar-refractivity contribution in [2.24, 2.45) is 0 Å². The van der Waals surface area contributed by atoms with Crippen LogP contribution in [0.4, 0.5) is 18.9 Å². The van der Waals surface area contributed by atoms with Gasteiger partial charge in [-0.05, 0) is 24.3 Å². The van der Waals surface area contributed by atoms with E-state index >= 15 is 0 Å². The maximum absolute atomic E-state index is 12.7. The molecule has 2 aromatic carbocycles. The summed E-state index contributed by atoms with van der Waals surface area (Å²) in [6.07, 6.45) is -6.48. The summed E-state index contributed by atoms with van der Waals surface area (Å²) in [7, 11) is 0. The fraction of sp³-hybridized carbons (Fsp3) is 0.278. The molecule has 8 nitrogen and oxygen atoms in total. The number of hydrogen-bond donors (Lipinski definition) is 1. The number of nitrogens with zero attached hydrogens (tertiary/aromatic N) is 1. The number of halogens is 4. The zero-order chi connectivity index (χ0) is 22.1. The molecule has 160 valence electrons. The third kappa shape index (κ3) is 4.99. The minimum atomic E-state index is -4.59. The maximum Gasteiger partial charge on any atom is 0.416 e. The van der Waals surface area contributed by atoms with Crippen molar-refractivity contribution in [3.05, 3.63) is 62.7 Å². The molecule has 0 aliphatic carbocycles. The topological polar surface area (TPSA) is 108 Å². The van der Waals surface area contributed by atoms with Gasteiger partial charge in [0.15, 0.2) is 0 Å². The Kier molecular flexibility index (Phi) is 6.15. The molecular weight excluding hydrogens is 435 g/mol. The van der Waals surface area contributed by atoms with Crippen LogP contribution in [-0.4, -0.2) is 35.0 Å². The van der Waals surface area contributed by atoms with Crippen molar-refractivity contribution in [2.75, 3.05) is 6.61 Å². The Balaban J connectivity index is 1.85. The minimum absolute atomic E-state index is 0.0108. The van der Waals surface area contributed by atoms with Gasteiger partial charge in [-0.2, -0.15) is 13.2 Å². The van der Waals surface area contributed by atoms with Crippen LogP contribution in [0, 0.1) is 10.1 Å². The van der Waals surface area contributed by atoms with Gasteiger partial charge in [0.2, 0.25) is 6.29 Å². The van der Waals surface area contributed by atoms with Crippen LogP contribution in [0.3, 0.4) is 0 Å². The van der Waals surface area contributed by atoms with Gasteiger partial charge >= 0.3 is 12.1 Å². The van der Waals surface area contributed by atoms with E-state index in [1.54, 1.807) is 0 Å². The number of carbonyl (C=O) groups excluding carboxylic acids is 1. The molecule has 3 rings (SSSR count). The van der Waals surface area contributed by atoms with Gasteiger partial charge in [-0.3, -0.25) is 10.1 Å². The van der Waals surface area contributed by atoms with Gasteiger partial charge < -0.3 is 19.3 Å². The summed E-state index contributed by atoms with van der Waals surface area (Å²) in [5, 5.41) is 20.3. The molecule has 0 spiro atoms. The number of nitro benzene ring substituents is 1. The van der Waals surface area contributed by atoms with Gasteiger partial charge in [-0.1, -0.05) is 11.6 Å². The first-order chi connectivity index (χ1) is 14.0. The quantitative estimate of drug-likeness (QED) is 0.413. The molecule has 30 heavy (non-hydrogen) atoms. The zero-order valence-electron chi connectivity index (χ0n) is 14.9. The van der Waals surface area contributed by atoms with E-state index in [-0.39, 0.29) is 29.5 Å². The van der Waals surface area contributed by atoms with E-state index < -0.39 is 46.3 Å². The molecule has 1 heterocycles. The number of esters is 1. The number of aliphatic hydroxyl groups excluding tert-OH is 1. The number of carbonyl (C=O) groups is 1. The third-order valence-corrected chi connectivity index (χ3v) is 4.34. The minimum Gasteiger partial charge on any atom is -0.456 e. The summed E-state index contributed by atoms with van der Waals surface area (Å²) in [5.41, 5.74) is -2.03. The number of benzene rings is 2. The van der Waals surface area contributed by atoms with E-state index in [1.165, 1.54) is 0 Å². The van der Waals surface area contributed by atoms with Gasteiger partial charge in [-0.25, -0.2) is 4.79 Å². The van der Waals surface area contributed by atoms with Crippen molar-refractivity contribution in [3.63, 3.8) is 0 Å².